The van der Waals surface area contributed by atoms with Gasteiger partial charge >= 0.3 is 0 Å². The average Bonchev–Trinajstić information content (AvgIpc) is 2.83. The van der Waals surface area contributed by atoms with Crippen molar-refractivity contribution in [3.8, 4) is 5.75 Å². The van der Waals surface area contributed by atoms with Crippen LogP contribution in [0.5, 0.6) is 5.75 Å². The number of thioether (sulfide) groups is 1. The SMILES string of the molecule is Fc1ccc(F)c2c1OC[C@H]1[C@H](CCSc3ncccn3)OCC[C@@]21Cc1ccc(Cl)cc1. The summed E-state index contributed by atoms with van der Waals surface area (Å²) < 4.78 is 42.0. The minimum Gasteiger partial charge on any atom is -0.490 e. The fourth-order valence-electron chi connectivity index (χ4n) is 5.12. The van der Waals surface area contributed by atoms with Gasteiger partial charge in [0.1, 0.15) is 5.82 Å². The number of nitrogens with zero attached hydrogens (tertiary/aromatic N) is 2. The topological polar surface area (TPSA) is 44.2 Å². The summed E-state index contributed by atoms with van der Waals surface area (Å²) in [7, 11) is 0. The Morgan fingerprint density at radius 3 is 2.61 bits per heavy atom. The molecule has 4 nitrogen and oxygen atoms in total. The summed E-state index contributed by atoms with van der Waals surface area (Å²) in [4.78, 5) is 8.51. The van der Waals surface area contributed by atoms with Crippen molar-refractivity contribution in [2.45, 2.75) is 35.9 Å². The van der Waals surface area contributed by atoms with Gasteiger partial charge in [0, 0.05) is 46.7 Å². The van der Waals surface area contributed by atoms with E-state index in [4.69, 9.17) is 21.1 Å². The van der Waals surface area contributed by atoms with Crippen LogP contribution in [0.1, 0.15) is 24.0 Å². The smallest absolute Gasteiger partial charge is 0.187 e. The Balaban J connectivity index is 1.48. The van der Waals surface area contributed by atoms with Gasteiger partial charge in [-0.1, -0.05) is 35.5 Å². The van der Waals surface area contributed by atoms with Gasteiger partial charge in [-0.3, -0.25) is 0 Å². The Morgan fingerprint density at radius 2 is 1.82 bits per heavy atom. The molecule has 1 saturated heterocycles. The molecule has 2 aliphatic heterocycles. The monoisotopic (exact) mass is 488 g/mol. The highest BCUT2D eigenvalue weighted by atomic mass is 35.5. The first kappa shape index (κ1) is 22.6. The predicted molar refractivity (Wildman–Crippen MR) is 124 cm³/mol. The molecule has 2 aliphatic rings. The Labute approximate surface area is 200 Å². The largest absolute Gasteiger partial charge is 0.490 e. The number of benzene rings is 2. The zero-order valence-corrected chi connectivity index (χ0v) is 19.4. The van der Waals surface area contributed by atoms with E-state index in [1.807, 2.05) is 24.3 Å². The van der Waals surface area contributed by atoms with Crippen LogP contribution in [0.15, 0.2) is 60.0 Å². The quantitative estimate of drug-likeness (QED) is 0.321. The lowest BCUT2D eigenvalue weighted by molar-refractivity contribution is -0.0962. The molecule has 0 radical (unpaired) electrons. The molecule has 3 atom stereocenters. The van der Waals surface area contributed by atoms with Crippen molar-refractivity contribution in [1.82, 2.24) is 9.97 Å². The van der Waals surface area contributed by atoms with E-state index in [1.165, 1.54) is 6.07 Å². The molecule has 0 amide bonds. The summed E-state index contributed by atoms with van der Waals surface area (Å²) in [5.41, 5.74) is 0.722. The van der Waals surface area contributed by atoms with E-state index < -0.39 is 17.0 Å². The highest BCUT2D eigenvalue weighted by molar-refractivity contribution is 7.99. The minimum atomic E-state index is -0.634. The van der Waals surface area contributed by atoms with Gasteiger partial charge in [-0.15, -0.1) is 0 Å². The molecular weight excluding hydrogens is 466 g/mol. The molecule has 2 aromatic carbocycles. The van der Waals surface area contributed by atoms with Gasteiger partial charge in [0.15, 0.2) is 16.7 Å². The van der Waals surface area contributed by atoms with Gasteiger partial charge in [-0.25, -0.2) is 18.7 Å². The second-order valence-electron chi connectivity index (χ2n) is 8.44. The first-order valence-corrected chi connectivity index (χ1v) is 12.3. The third kappa shape index (κ3) is 4.46. The van der Waals surface area contributed by atoms with Crippen LogP contribution in [-0.4, -0.2) is 35.0 Å². The Bertz CT molecular complexity index is 1120. The number of fused-ring (bicyclic) bond motifs is 3. The highest BCUT2D eigenvalue weighted by Gasteiger charge is 2.53. The molecule has 33 heavy (non-hydrogen) atoms. The second-order valence-corrected chi connectivity index (χ2v) is 9.94. The zero-order chi connectivity index (χ0) is 22.8. The fourth-order valence-corrected chi connectivity index (χ4v) is 6.05. The van der Waals surface area contributed by atoms with E-state index in [0.717, 1.165) is 23.8 Å². The van der Waals surface area contributed by atoms with Gasteiger partial charge in [-0.05, 0) is 55.2 Å². The van der Waals surface area contributed by atoms with E-state index in [2.05, 4.69) is 9.97 Å². The molecule has 172 valence electrons. The molecule has 1 fully saturated rings. The van der Waals surface area contributed by atoms with Crippen molar-refractivity contribution < 1.29 is 18.3 Å². The van der Waals surface area contributed by atoms with Gasteiger partial charge in [0.2, 0.25) is 0 Å². The highest BCUT2D eigenvalue weighted by Crippen LogP contribution is 2.52. The normalized spacial score (nSPS) is 24.0. The lowest BCUT2D eigenvalue weighted by Gasteiger charge is -2.51. The van der Waals surface area contributed by atoms with Crippen molar-refractivity contribution in [2.24, 2.45) is 5.92 Å². The summed E-state index contributed by atoms with van der Waals surface area (Å²) in [5, 5.41) is 1.35. The van der Waals surface area contributed by atoms with Crippen molar-refractivity contribution in [3.63, 3.8) is 0 Å². The number of rotatable bonds is 6. The molecular formula is C25H23ClF2N2O2S. The summed E-state index contributed by atoms with van der Waals surface area (Å²) in [5.74, 6) is -0.297. The predicted octanol–water partition coefficient (Wildman–Crippen LogP) is 5.87. The fraction of sp³-hybridized carbons (Fsp3) is 0.360. The molecule has 0 spiro atoms. The lowest BCUT2D eigenvalue weighted by Crippen LogP contribution is -2.55. The lowest BCUT2D eigenvalue weighted by atomic mass is 9.60. The standard InChI is InChI=1S/C25H23ClF2N2O2S/c26-17-4-2-16(3-5-17)14-25-9-12-31-21(8-13-33-24-29-10-1-11-30-24)18(25)15-32-23-20(28)7-6-19(27)22(23)25/h1-7,10-11,18,21H,8-9,12-15H2/t18-,21-,25-/m0/s1. The van der Waals surface area contributed by atoms with Crippen LogP contribution in [0.2, 0.25) is 5.02 Å². The van der Waals surface area contributed by atoms with Crippen LogP contribution >= 0.6 is 23.4 Å². The van der Waals surface area contributed by atoms with Gasteiger partial charge in [0.25, 0.3) is 0 Å². The Hall–Kier alpha value is -2.22. The number of ether oxygens (including phenoxy) is 2. The van der Waals surface area contributed by atoms with E-state index in [-0.39, 0.29) is 24.4 Å². The maximum absolute atomic E-state index is 15.3. The summed E-state index contributed by atoms with van der Waals surface area (Å²) in [6, 6.07) is 11.7. The maximum atomic E-state index is 15.3. The number of aromatic nitrogens is 2. The number of hydrogen-bond acceptors (Lipinski definition) is 5. The summed E-state index contributed by atoms with van der Waals surface area (Å²) in [6.45, 7) is 0.745. The molecule has 1 aromatic heterocycles. The Kier molecular flexibility index (Phi) is 6.54. The molecule has 5 rings (SSSR count). The van der Waals surface area contributed by atoms with Crippen molar-refractivity contribution in [2.75, 3.05) is 19.0 Å². The molecule has 8 heteroatoms. The third-order valence-corrected chi connectivity index (χ3v) is 7.77. The van der Waals surface area contributed by atoms with E-state index in [1.54, 1.807) is 30.2 Å². The van der Waals surface area contributed by atoms with Crippen LogP contribution < -0.4 is 4.74 Å². The van der Waals surface area contributed by atoms with Crippen molar-refractivity contribution >= 4 is 23.4 Å². The van der Waals surface area contributed by atoms with Crippen LogP contribution in [0, 0.1) is 17.6 Å². The zero-order valence-electron chi connectivity index (χ0n) is 17.8. The molecule has 0 aliphatic carbocycles. The van der Waals surface area contributed by atoms with Crippen molar-refractivity contribution in [1.29, 1.82) is 0 Å². The van der Waals surface area contributed by atoms with Crippen molar-refractivity contribution in [3.05, 3.63) is 82.6 Å². The maximum Gasteiger partial charge on any atom is 0.187 e. The second kappa shape index (κ2) is 9.57. The van der Waals surface area contributed by atoms with Crippen LogP contribution in [-0.2, 0) is 16.6 Å². The van der Waals surface area contributed by atoms with Crippen LogP contribution in [0.25, 0.3) is 0 Å². The number of hydrogen-bond donors (Lipinski definition) is 0. The molecule has 0 N–H and O–H groups in total. The summed E-state index contributed by atoms with van der Waals surface area (Å²) >= 11 is 7.64. The third-order valence-electron chi connectivity index (χ3n) is 6.61. The first-order chi connectivity index (χ1) is 16.1. The average molecular weight is 489 g/mol. The molecule has 3 aromatic rings. The van der Waals surface area contributed by atoms with Gasteiger partial charge < -0.3 is 9.47 Å². The summed E-state index contributed by atoms with van der Waals surface area (Å²) in [6.07, 6.45) is 5.15. The van der Waals surface area contributed by atoms with Gasteiger partial charge in [-0.2, -0.15) is 0 Å². The van der Waals surface area contributed by atoms with E-state index >= 15 is 4.39 Å². The van der Waals surface area contributed by atoms with Crippen LogP contribution in [0.4, 0.5) is 8.78 Å². The first-order valence-electron chi connectivity index (χ1n) is 10.9. The minimum absolute atomic E-state index is 0.0351. The molecule has 0 unspecified atom stereocenters. The van der Waals surface area contributed by atoms with E-state index in [0.29, 0.717) is 35.2 Å². The van der Waals surface area contributed by atoms with E-state index in [9.17, 15) is 4.39 Å². The van der Waals surface area contributed by atoms with Gasteiger partial charge in [0.05, 0.1) is 12.7 Å². The Morgan fingerprint density at radius 1 is 1.06 bits per heavy atom. The molecule has 3 heterocycles. The molecule has 0 saturated carbocycles. The molecule has 0 bridgehead atoms. The van der Waals surface area contributed by atoms with Crippen LogP contribution in [0.3, 0.4) is 0 Å². The number of halogens is 3.